The number of hydrogen-bond acceptors (Lipinski definition) is 4. The predicted octanol–water partition coefficient (Wildman–Crippen LogP) is 2.10. The molecule has 1 saturated carbocycles. The molecule has 3 unspecified atom stereocenters. The van der Waals surface area contributed by atoms with E-state index in [1.54, 1.807) is 0 Å². The Bertz CT molecular complexity index is 355. The molecule has 1 rings (SSSR count). The van der Waals surface area contributed by atoms with Crippen molar-refractivity contribution >= 4 is 5.97 Å². The van der Waals surface area contributed by atoms with Gasteiger partial charge in [0.2, 0.25) is 0 Å². The number of allylic oxidation sites excluding steroid dienone is 2. The molecule has 128 valence electrons. The van der Waals surface area contributed by atoms with Crippen LogP contribution in [0.1, 0.15) is 58.3 Å². The van der Waals surface area contributed by atoms with Gasteiger partial charge in [-0.1, -0.05) is 31.9 Å². The Balaban J connectivity index is 2.46. The third-order valence-electron chi connectivity index (χ3n) is 4.55. The summed E-state index contributed by atoms with van der Waals surface area (Å²) in [5.41, 5.74) is 0. The number of carbonyl (C=O) groups is 1. The minimum Gasteiger partial charge on any atom is -0.481 e. The number of aliphatic hydroxyl groups excluding tert-OH is 3. The SMILES string of the molecule is CCCCC(O)[C@@H]1C(O)CC(O)[C@@H]1CC=CCCCC(=O)O. The summed E-state index contributed by atoms with van der Waals surface area (Å²) in [6, 6.07) is 0. The van der Waals surface area contributed by atoms with Crippen molar-refractivity contribution in [3.63, 3.8) is 0 Å². The van der Waals surface area contributed by atoms with Crippen LogP contribution in [-0.2, 0) is 4.79 Å². The quantitative estimate of drug-likeness (QED) is 0.366. The zero-order chi connectivity index (χ0) is 16.5. The third-order valence-corrected chi connectivity index (χ3v) is 4.55. The molecule has 5 heteroatoms. The van der Waals surface area contributed by atoms with E-state index in [2.05, 4.69) is 6.92 Å². The third kappa shape index (κ3) is 6.07. The smallest absolute Gasteiger partial charge is 0.303 e. The summed E-state index contributed by atoms with van der Waals surface area (Å²) in [6.07, 6.45) is 7.02. The molecule has 0 saturated heterocycles. The molecule has 0 bridgehead atoms. The summed E-state index contributed by atoms with van der Waals surface area (Å²) in [5, 5.41) is 39.0. The van der Waals surface area contributed by atoms with E-state index in [-0.39, 0.29) is 18.3 Å². The number of unbranched alkanes of at least 4 members (excludes halogenated alkanes) is 2. The fraction of sp³-hybridized carbons (Fsp3) is 0.824. The highest BCUT2D eigenvalue weighted by Gasteiger charge is 2.44. The van der Waals surface area contributed by atoms with E-state index in [1.165, 1.54) is 0 Å². The van der Waals surface area contributed by atoms with Crippen LogP contribution in [0, 0.1) is 11.8 Å². The van der Waals surface area contributed by atoms with E-state index in [1.807, 2.05) is 12.2 Å². The molecule has 1 aliphatic carbocycles. The molecule has 0 amide bonds. The van der Waals surface area contributed by atoms with Gasteiger partial charge in [0.05, 0.1) is 18.3 Å². The lowest BCUT2D eigenvalue weighted by molar-refractivity contribution is -0.137. The zero-order valence-electron chi connectivity index (χ0n) is 13.4. The minimum atomic E-state index is -0.790. The summed E-state index contributed by atoms with van der Waals surface area (Å²) in [5.74, 6) is -1.19. The standard InChI is InChI=1S/C17H30O5/c1-2-3-9-13(18)17-12(14(19)11-15(17)20)8-6-4-5-7-10-16(21)22/h4,6,12-15,17-20H,2-3,5,7-11H2,1H3,(H,21,22)/t12-,13?,14?,15?,17+/m0/s1. The molecule has 0 spiro atoms. The number of carboxylic acid groups (broad SMARTS) is 1. The van der Waals surface area contributed by atoms with Gasteiger partial charge >= 0.3 is 5.97 Å². The summed E-state index contributed by atoms with van der Waals surface area (Å²) >= 11 is 0. The van der Waals surface area contributed by atoms with Crippen LogP contribution in [0.5, 0.6) is 0 Å². The van der Waals surface area contributed by atoms with E-state index < -0.39 is 24.3 Å². The predicted molar refractivity (Wildman–Crippen MR) is 84.4 cm³/mol. The average Bonchev–Trinajstić information content (AvgIpc) is 2.74. The van der Waals surface area contributed by atoms with Crippen molar-refractivity contribution in [2.45, 2.75) is 76.6 Å². The summed E-state index contributed by atoms with van der Waals surface area (Å²) < 4.78 is 0. The highest BCUT2D eigenvalue weighted by atomic mass is 16.4. The van der Waals surface area contributed by atoms with Gasteiger partial charge in [-0.25, -0.2) is 0 Å². The number of aliphatic carboxylic acids is 1. The molecule has 0 radical (unpaired) electrons. The van der Waals surface area contributed by atoms with Crippen molar-refractivity contribution in [1.29, 1.82) is 0 Å². The second-order valence-electron chi connectivity index (χ2n) is 6.31. The van der Waals surface area contributed by atoms with Crippen LogP contribution in [-0.4, -0.2) is 44.7 Å². The second-order valence-corrected chi connectivity index (χ2v) is 6.31. The monoisotopic (exact) mass is 314 g/mol. The van der Waals surface area contributed by atoms with Gasteiger partial charge < -0.3 is 20.4 Å². The Morgan fingerprint density at radius 1 is 1.23 bits per heavy atom. The van der Waals surface area contributed by atoms with Gasteiger partial charge in [0.25, 0.3) is 0 Å². The lowest BCUT2D eigenvalue weighted by Gasteiger charge is -2.27. The van der Waals surface area contributed by atoms with E-state index >= 15 is 0 Å². The molecular weight excluding hydrogens is 284 g/mol. The van der Waals surface area contributed by atoms with E-state index in [9.17, 15) is 20.1 Å². The van der Waals surface area contributed by atoms with Crippen molar-refractivity contribution in [3.8, 4) is 0 Å². The molecule has 0 aromatic rings. The minimum absolute atomic E-state index is 0.127. The largest absolute Gasteiger partial charge is 0.481 e. The molecular formula is C17H30O5. The van der Waals surface area contributed by atoms with Gasteiger partial charge in [-0.2, -0.15) is 0 Å². The van der Waals surface area contributed by atoms with Crippen molar-refractivity contribution < 1.29 is 25.2 Å². The van der Waals surface area contributed by atoms with Crippen LogP contribution in [0.2, 0.25) is 0 Å². The van der Waals surface area contributed by atoms with Gasteiger partial charge in [-0.15, -0.1) is 0 Å². The normalized spacial score (nSPS) is 30.0. The molecule has 1 aliphatic rings. The summed E-state index contributed by atoms with van der Waals surface area (Å²) in [6.45, 7) is 2.06. The van der Waals surface area contributed by atoms with E-state index in [4.69, 9.17) is 5.11 Å². The van der Waals surface area contributed by atoms with Crippen LogP contribution in [0.15, 0.2) is 12.2 Å². The maximum atomic E-state index is 10.4. The molecule has 0 aromatic carbocycles. The molecule has 5 nitrogen and oxygen atoms in total. The maximum Gasteiger partial charge on any atom is 0.303 e. The highest BCUT2D eigenvalue weighted by Crippen LogP contribution is 2.38. The van der Waals surface area contributed by atoms with Gasteiger partial charge in [0, 0.05) is 12.3 Å². The molecule has 5 atom stereocenters. The number of carboxylic acids is 1. The van der Waals surface area contributed by atoms with Crippen molar-refractivity contribution in [2.24, 2.45) is 11.8 Å². The Morgan fingerprint density at radius 2 is 1.95 bits per heavy atom. The average molecular weight is 314 g/mol. The van der Waals surface area contributed by atoms with Crippen molar-refractivity contribution in [1.82, 2.24) is 0 Å². The van der Waals surface area contributed by atoms with Gasteiger partial charge in [-0.3, -0.25) is 4.79 Å². The Labute approximate surface area is 132 Å². The fourth-order valence-corrected chi connectivity index (χ4v) is 3.33. The van der Waals surface area contributed by atoms with Gasteiger partial charge in [-0.05, 0) is 38.0 Å². The molecule has 4 N–H and O–H groups in total. The molecule has 0 aromatic heterocycles. The Kier molecular flexibility index (Phi) is 8.68. The first-order valence-electron chi connectivity index (χ1n) is 8.38. The number of rotatable bonds is 10. The van der Waals surface area contributed by atoms with Crippen LogP contribution < -0.4 is 0 Å². The number of hydrogen-bond donors (Lipinski definition) is 4. The van der Waals surface area contributed by atoms with Crippen LogP contribution >= 0.6 is 0 Å². The molecule has 0 heterocycles. The first-order chi connectivity index (χ1) is 10.5. The molecule has 1 fully saturated rings. The van der Waals surface area contributed by atoms with Crippen molar-refractivity contribution in [3.05, 3.63) is 12.2 Å². The van der Waals surface area contributed by atoms with E-state index in [0.29, 0.717) is 32.1 Å². The second kappa shape index (κ2) is 9.98. The van der Waals surface area contributed by atoms with Crippen LogP contribution in [0.3, 0.4) is 0 Å². The first-order valence-corrected chi connectivity index (χ1v) is 8.38. The highest BCUT2D eigenvalue weighted by molar-refractivity contribution is 5.66. The van der Waals surface area contributed by atoms with Crippen molar-refractivity contribution in [2.75, 3.05) is 0 Å². The van der Waals surface area contributed by atoms with E-state index in [0.717, 1.165) is 12.8 Å². The van der Waals surface area contributed by atoms with Crippen LogP contribution in [0.25, 0.3) is 0 Å². The Hall–Kier alpha value is -0.910. The molecule has 22 heavy (non-hydrogen) atoms. The summed E-state index contributed by atoms with van der Waals surface area (Å²) in [4.78, 5) is 10.4. The zero-order valence-corrected chi connectivity index (χ0v) is 13.4. The Morgan fingerprint density at radius 3 is 2.59 bits per heavy atom. The maximum absolute atomic E-state index is 10.4. The topological polar surface area (TPSA) is 98.0 Å². The number of aliphatic hydroxyl groups is 3. The lowest BCUT2D eigenvalue weighted by atomic mass is 9.84. The van der Waals surface area contributed by atoms with Crippen LogP contribution in [0.4, 0.5) is 0 Å². The molecule has 0 aliphatic heterocycles. The fourth-order valence-electron chi connectivity index (χ4n) is 3.33. The first kappa shape index (κ1) is 19.1. The summed E-state index contributed by atoms with van der Waals surface area (Å²) in [7, 11) is 0. The van der Waals surface area contributed by atoms with Gasteiger partial charge in [0.15, 0.2) is 0 Å². The lowest BCUT2D eigenvalue weighted by Crippen LogP contribution is -2.33. The van der Waals surface area contributed by atoms with Gasteiger partial charge in [0.1, 0.15) is 0 Å².